The molecule has 0 bridgehead atoms. The van der Waals surface area contributed by atoms with E-state index in [1.807, 2.05) is 20.8 Å². The van der Waals surface area contributed by atoms with Gasteiger partial charge in [0.25, 0.3) is 6.43 Å². The van der Waals surface area contributed by atoms with Crippen LogP contribution < -0.4 is 4.72 Å². The molecule has 0 aliphatic carbocycles. The highest BCUT2D eigenvalue weighted by atomic mass is 32.2. The number of halogens is 6. The molecule has 0 spiro atoms. The number of rotatable bonds is 6. The van der Waals surface area contributed by atoms with E-state index < -0.39 is 46.1 Å². The molecule has 4 nitrogen and oxygen atoms in total. The lowest BCUT2D eigenvalue weighted by Gasteiger charge is -2.27. The van der Waals surface area contributed by atoms with Crippen LogP contribution in [0.4, 0.5) is 26.3 Å². The van der Waals surface area contributed by atoms with E-state index in [0.29, 0.717) is 18.0 Å². The van der Waals surface area contributed by atoms with Gasteiger partial charge >= 0.3 is 6.18 Å². The fraction of sp³-hybridized carbons (Fsp3) is 0.480. The molecule has 0 fully saturated rings. The average Bonchev–Trinajstić information content (AvgIpc) is 3.05. The zero-order chi connectivity index (χ0) is 27.2. The molecule has 0 unspecified atom stereocenters. The smallest absolute Gasteiger partial charge is 0.417 e. The Bertz CT molecular complexity index is 1230. The molecule has 2 atom stereocenters. The van der Waals surface area contributed by atoms with E-state index in [4.69, 9.17) is 0 Å². The molecule has 1 N–H and O–H groups in total. The summed E-state index contributed by atoms with van der Waals surface area (Å²) in [7, 11) is 0. The van der Waals surface area contributed by atoms with Crippen molar-refractivity contribution in [2.45, 2.75) is 71.5 Å². The van der Waals surface area contributed by atoms with Crippen LogP contribution in [-0.4, -0.2) is 25.3 Å². The molecule has 0 radical (unpaired) electrons. The van der Waals surface area contributed by atoms with Crippen LogP contribution in [0.15, 0.2) is 36.5 Å². The van der Waals surface area contributed by atoms with Crippen molar-refractivity contribution >= 4 is 22.4 Å². The summed E-state index contributed by atoms with van der Waals surface area (Å²) in [5.74, 6) is -1.04. The van der Waals surface area contributed by atoms with E-state index in [2.05, 4.69) is 9.71 Å². The first kappa shape index (κ1) is 28.3. The van der Waals surface area contributed by atoms with Gasteiger partial charge in [-0.3, -0.25) is 0 Å². The topological polar surface area (TPSA) is 52.9 Å². The molecular formula is C25H29F6N3OS. The highest BCUT2D eigenvalue weighted by Crippen LogP contribution is 2.39. The van der Waals surface area contributed by atoms with Gasteiger partial charge in [-0.15, -0.1) is 4.72 Å². The van der Waals surface area contributed by atoms with E-state index in [9.17, 15) is 30.9 Å². The van der Waals surface area contributed by atoms with Crippen LogP contribution in [0.5, 0.6) is 0 Å². The Kier molecular flexibility index (Phi) is 7.80. The Labute approximate surface area is 209 Å². The van der Waals surface area contributed by atoms with E-state index in [1.54, 1.807) is 25.3 Å². The van der Waals surface area contributed by atoms with Gasteiger partial charge in [0.2, 0.25) is 0 Å². The molecule has 36 heavy (non-hydrogen) atoms. The molecule has 198 valence electrons. The average molecular weight is 534 g/mol. The number of nitrogens with one attached hydrogen (secondary N) is 1. The van der Waals surface area contributed by atoms with Crippen molar-refractivity contribution < 1.29 is 30.9 Å². The fourth-order valence-electron chi connectivity index (χ4n) is 3.74. The van der Waals surface area contributed by atoms with Crippen molar-refractivity contribution in [3.8, 4) is 11.3 Å². The van der Waals surface area contributed by atoms with E-state index in [1.165, 1.54) is 18.3 Å². The van der Waals surface area contributed by atoms with Crippen LogP contribution >= 0.6 is 0 Å². The van der Waals surface area contributed by atoms with Crippen LogP contribution in [0, 0.1) is 11.2 Å². The number of nitrogens with zero attached hydrogens (tertiary/aromatic N) is 2. The van der Waals surface area contributed by atoms with Crippen molar-refractivity contribution in [2.24, 2.45) is 5.41 Å². The molecule has 2 aromatic heterocycles. The van der Waals surface area contributed by atoms with Crippen molar-refractivity contribution in [1.82, 2.24) is 14.3 Å². The second-order valence-electron chi connectivity index (χ2n) is 10.8. The molecule has 3 rings (SSSR count). The predicted octanol–water partition coefficient (Wildman–Crippen LogP) is 7.27. The van der Waals surface area contributed by atoms with Gasteiger partial charge in [0.1, 0.15) is 22.3 Å². The highest BCUT2D eigenvalue weighted by molar-refractivity contribution is 7.90. The van der Waals surface area contributed by atoms with Gasteiger partial charge in [-0.05, 0) is 56.5 Å². The third kappa shape index (κ3) is 6.36. The first-order chi connectivity index (χ1) is 16.4. The minimum Gasteiger partial charge on any atom is -0.598 e. The molecule has 0 amide bonds. The van der Waals surface area contributed by atoms with Crippen LogP contribution in [-0.2, 0) is 24.1 Å². The molecular weight excluding hydrogens is 504 g/mol. The number of pyridine rings is 1. The van der Waals surface area contributed by atoms with Crippen molar-refractivity contribution in [3.63, 3.8) is 0 Å². The Morgan fingerprint density at radius 1 is 1.03 bits per heavy atom. The molecule has 0 saturated heterocycles. The zero-order valence-electron chi connectivity index (χ0n) is 20.8. The van der Waals surface area contributed by atoms with Crippen molar-refractivity contribution in [3.05, 3.63) is 53.5 Å². The molecule has 2 heterocycles. The van der Waals surface area contributed by atoms with Crippen molar-refractivity contribution in [1.29, 1.82) is 0 Å². The second kappa shape index (κ2) is 9.90. The Morgan fingerprint density at radius 3 is 2.19 bits per heavy atom. The van der Waals surface area contributed by atoms with E-state index >= 15 is 0 Å². The normalized spacial score (nSPS) is 15.1. The lowest BCUT2D eigenvalue weighted by atomic mass is 9.97. The van der Waals surface area contributed by atoms with Gasteiger partial charge < -0.3 is 9.12 Å². The Morgan fingerprint density at radius 2 is 1.67 bits per heavy atom. The van der Waals surface area contributed by atoms with Crippen LogP contribution in [0.3, 0.4) is 0 Å². The standard InChI is InChI=1S/C25H29F6N3OS/c1-23(2,3)13-34-12-17(20(21(27)28)33-36(35)24(4,5)6)15-9-10-19(32-22(15)34)16-8-7-14(26)11-18(16)25(29,30)31/h7-12,20-21,33H,13H2,1-6H3/t20-,36-/m0/s1. The molecule has 1 aromatic carbocycles. The number of fused-ring (bicyclic) bond motifs is 1. The number of hydrogen-bond donors (Lipinski definition) is 1. The minimum absolute atomic E-state index is 0.0746. The molecule has 3 aromatic rings. The van der Waals surface area contributed by atoms with Gasteiger partial charge in [-0.1, -0.05) is 20.8 Å². The summed E-state index contributed by atoms with van der Waals surface area (Å²) in [6.07, 6.45) is -6.27. The summed E-state index contributed by atoms with van der Waals surface area (Å²) in [4.78, 5) is 4.42. The number of hydrogen-bond acceptors (Lipinski definition) is 3. The zero-order valence-corrected chi connectivity index (χ0v) is 21.6. The van der Waals surface area contributed by atoms with Gasteiger partial charge in [-0.25, -0.2) is 18.2 Å². The number of aromatic nitrogens is 2. The molecule has 0 aliphatic heterocycles. The summed E-state index contributed by atoms with van der Waals surface area (Å²) in [5.41, 5.74) is -1.57. The third-order valence-electron chi connectivity index (χ3n) is 5.34. The van der Waals surface area contributed by atoms with Crippen LogP contribution in [0.2, 0.25) is 0 Å². The monoisotopic (exact) mass is 533 g/mol. The predicted molar refractivity (Wildman–Crippen MR) is 129 cm³/mol. The quantitative estimate of drug-likeness (QED) is 0.268. The molecule has 0 aliphatic rings. The first-order valence-electron chi connectivity index (χ1n) is 11.2. The van der Waals surface area contributed by atoms with Gasteiger partial charge in [0.15, 0.2) is 0 Å². The summed E-state index contributed by atoms with van der Waals surface area (Å²) in [5, 5.41) is 0.294. The first-order valence-corrected chi connectivity index (χ1v) is 12.4. The van der Waals surface area contributed by atoms with E-state index in [-0.39, 0.29) is 27.9 Å². The molecule has 11 heteroatoms. The Hall–Kier alpha value is -2.24. The van der Waals surface area contributed by atoms with Gasteiger partial charge in [0.05, 0.1) is 11.3 Å². The SMILES string of the molecule is CC(C)(C)Cn1cc([C@H](N[S@@+]([O-])C(C)(C)C)C(F)F)c2ccc(-c3ccc(F)cc3C(F)(F)F)nc21. The maximum absolute atomic E-state index is 14.2. The van der Waals surface area contributed by atoms with E-state index in [0.717, 1.165) is 12.1 Å². The fourth-order valence-corrected chi connectivity index (χ4v) is 4.55. The second-order valence-corrected chi connectivity index (χ2v) is 12.8. The highest BCUT2D eigenvalue weighted by Gasteiger charge is 2.37. The maximum atomic E-state index is 14.2. The third-order valence-corrected chi connectivity index (χ3v) is 6.92. The van der Waals surface area contributed by atoms with Crippen molar-refractivity contribution in [2.75, 3.05) is 0 Å². The lowest BCUT2D eigenvalue weighted by molar-refractivity contribution is -0.137. The van der Waals surface area contributed by atoms with Crippen LogP contribution in [0.25, 0.3) is 22.3 Å². The number of alkyl halides is 5. The van der Waals surface area contributed by atoms with Crippen LogP contribution in [0.1, 0.15) is 58.7 Å². The summed E-state index contributed by atoms with van der Waals surface area (Å²) >= 11 is -1.81. The molecule has 0 saturated carbocycles. The summed E-state index contributed by atoms with van der Waals surface area (Å²) in [6.45, 7) is 11.0. The van der Waals surface area contributed by atoms with Gasteiger partial charge in [-0.2, -0.15) is 13.2 Å². The van der Waals surface area contributed by atoms with Gasteiger partial charge in [0, 0.05) is 40.6 Å². The largest absolute Gasteiger partial charge is 0.598 e. The maximum Gasteiger partial charge on any atom is 0.417 e. The lowest BCUT2D eigenvalue weighted by Crippen LogP contribution is -2.43. The summed E-state index contributed by atoms with van der Waals surface area (Å²) in [6, 6.07) is 3.43. The summed E-state index contributed by atoms with van der Waals surface area (Å²) < 4.78 is 98.8. The Balaban J connectivity index is 2.23. The minimum atomic E-state index is -4.83. The number of benzene rings is 1.